The van der Waals surface area contributed by atoms with Crippen molar-refractivity contribution in [3.05, 3.63) is 48.0 Å². The Morgan fingerprint density at radius 3 is 2.38 bits per heavy atom. The third-order valence-electron chi connectivity index (χ3n) is 5.58. The van der Waals surface area contributed by atoms with Gasteiger partial charge in [-0.1, -0.05) is 12.1 Å². The molecule has 182 valence electrons. The number of ether oxygens (including phenoxy) is 3. The Kier molecular flexibility index (Phi) is 6.94. The molecule has 0 unspecified atom stereocenters. The number of hydrogen-bond acceptors (Lipinski definition) is 7. The molecule has 11 heteroatoms. The summed E-state index contributed by atoms with van der Waals surface area (Å²) in [4.78, 5) is 27.9. The van der Waals surface area contributed by atoms with E-state index in [0.717, 1.165) is 10.6 Å². The Morgan fingerprint density at radius 1 is 1.00 bits per heavy atom. The smallest absolute Gasteiger partial charge is 0.256 e. The van der Waals surface area contributed by atoms with E-state index >= 15 is 0 Å². The van der Waals surface area contributed by atoms with Crippen molar-refractivity contribution in [2.24, 2.45) is 0 Å². The highest BCUT2D eigenvalue weighted by molar-refractivity contribution is 7.92. The van der Waals surface area contributed by atoms with Crippen LogP contribution in [0.1, 0.15) is 17.3 Å². The molecule has 0 spiro atoms. The Bertz CT molecular complexity index is 1180. The van der Waals surface area contributed by atoms with E-state index in [1.165, 1.54) is 13.0 Å². The molecule has 2 amide bonds. The summed E-state index contributed by atoms with van der Waals surface area (Å²) in [5, 5.41) is 2.74. The molecule has 4 rings (SSSR count). The number of sulfonamides is 1. The number of benzene rings is 2. The summed E-state index contributed by atoms with van der Waals surface area (Å²) in [6, 6.07) is 10.3. The molecule has 0 saturated carbocycles. The van der Waals surface area contributed by atoms with Crippen LogP contribution in [0.2, 0.25) is 0 Å². The Morgan fingerprint density at radius 2 is 1.68 bits per heavy atom. The van der Waals surface area contributed by atoms with Crippen LogP contribution in [-0.2, 0) is 19.6 Å². The molecule has 0 bridgehead atoms. The number of morpholine rings is 1. The Labute approximate surface area is 198 Å². The van der Waals surface area contributed by atoms with E-state index in [1.54, 1.807) is 41.3 Å². The van der Waals surface area contributed by atoms with E-state index in [0.29, 0.717) is 62.3 Å². The van der Waals surface area contributed by atoms with Crippen molar-refractivity contribution in [2.45, 2.75) is 13.0 Å². The maximum Gasteiger partial charge on any atom is 0.256 e. The molecule has 0 radical (unpaired) electrons. The SMILES string of the molecule is C[C@@H](C(=O)Nc1ccccc1C(=O)N1CCOCC1)N(c1ccc2c(c1)OCCO2)S(C)(=O)=O. The molecule has 0 aromatic heterocycles. The van der Waals surface area contributed by atoms with E-state index in [1.807, 2.05) is 0 Å². The zero-order chi connectivity index (χ0) is 24.3. The maximum absolute atomic E-state index is 13.2. The van der Waals surface area contributed by atoms with E-state index in [9.17, 15) is 18.0 Å². The van der Waals surface area contributed by atoms with Gasteiger partial charge >= 0.3 is 0 Å². The van der Waals surface area contributed by atoms with Crippen molar-refractivity contribution in [2.75, 3.05) is 55.4 Å². The fourth-order valence-electron chi connectivity index (χ4n) is 3.93. The molecule has 10 nitrogen and oxygen atoms in total. The largest absolute Gasteiger partial charge is 0.486 e. The van der Waals surface area contributed by atoms with Gasteiger partial charge in [0.25, 0.3) is 5.91 Å². The van der Waals surface area contributed by atoms with Crippen molar-refractivity contribution in [3.63, 3.8) is 0 Å². The molecule has 2 aromatic rings. The first-order valence-electron chi connectivity index (χ1n) is 10.9. The van der Waals surface area contributed by atoms with Gasteiger partial charge in [0.15, 0.2) is 11.5 Å². The van der Waals surface area contributed by atoms with Gasteiger partial charge in [0.05, 0.1) is 36.4 Å². The number of fused-ring (bicyclic) bond motifs is 1. The second-order valence-corrected chi connectivity index (χ2v) is 9.86. The molecular formula is C23H27N3O7S. The molecule has 1 saturated heterocycles. The highest BCUT2D eigenvalue weighted by Gasteiger charge is 2.31. The molecule has 2 aromatic carbocycles. The number of nitrogens with zero attached hydrogens (tertiary/aromatic N) is 2. The maximum atomic E-state index is 13.2. The first kappa shape index (κ1) is 23.8. The zero-order valence-corrected chi connectivity index (χ0v) is 19.8. The molecule has 2 aliphatic rings. The van der Waals surface area contributed by atoms with Gasteiger partial charge in [-0.3, -0.25) is 13.9 Å². The minimum absolute atomic E-state index is 0.223. The second kappa shape index (κ2) is 9.90. The van der Waals surface area contributed by atoms with Gasteiger partial charge in [0, 0.05) is 19.2 Å². The summed E-state index contributed by atoms with van der Waals surface area (Å²) in [7, 11) is -3.84. The normalized spacial score (nSPS) is 16.5. The van der Waals surface area contributed by atoms with Crippen LogP contribution < -0.4 is 19.1 Å². The highest BCUT2D eigenvalue weighted by atomic mass is 32.2. The van der Waals surface area contributed by atoms with Crippen molar-refractivity contribution < 1.29 is 32.2 Å². The van der Waals surface area contributed by atoms with Crippen LogP contribution in [0.5, 0.6) is 11.5 Å². The molecule has 0 aliphatic carbocycles. The van der Waals surface area contributed by atoms with E-state index in [-0.39, 0.29) is 11.6 Å². The predicted octanol–water partition coefficient (Wildman–Crippen LogP) is 1.72. The van der Waals surface area contributed by atoms with Gasteiger partial charge in [0.1, 0.15) is 19.3 Å². The summed E-state index contributed by atoms with van der Waals surface area (Å²) in [6.45, 7) is 4.07. The fourth-order valence-corrected chi connectivity index (χ4v) is 5.10. The minimum Gasteiger partial charge on any atom is -0.486 e. The summed E-state index contributed by atoms with van der Waals surface area (Å²) in [6.07, 6.45) is 1.03. The number of amides is 2. The van der Waals surface area contributed by atoms with Gasteiger partial charge in [0.2, 0.25) is 15.9 Å². The van der Waals surface area contributed by atoms with E-state index < -0.39 is 22.0 Å². The van der Waals surface area contributed by atoms with Crippen LogP contribution in [0, 0.1) is 0 Å². The number of para-hydroxylation sites is 1. The van der Waals surface area contributed by atoms with Crippen molar-refractivity contribution in [1.82, 2.24) is 4.90 Å². The van der Waals surface area contributed by atoms with Gasteiger partial charge in [-0.15, -0.1) is 0 Å². The number of anilines is 2. The molecule has 2 aliphatic heterocycles. The second-order valence-electron chi connectivity index (χ2n) is 8.00. The van der Waals surface area contributed by atoms with Crippen LogP contribution in [0.25, 0.3) is 0 Å². The van der Waals surface area contributed by atoms with Crippen LogP contribution in [-0.4, -0.2) is 76.9 Å². The molecular weight excluding hydrogens is 462 g/mol. The Hall–Kier alpha value is -3.31. The van der Waals surface area contributed by atoms with Crippen molar-refractivity contribution >= 4 is 33.2 Å². The molecule has 34 heavy (non-hydrogen) atoms. The number of carbonyl (C=O) groups excluding carboxylic acids is 2. The lowest BCUT2D eigenvalue weighted by Crippen LogP contribution is -2.45. The minimum atomic E-state index is -3.84. The van der Waals surface area contributed by atoms with Crippen LogP contribution in [0.15, 0.2) is 42.5 Å². The third kappa shape index (κ3) is 5.10. The van der Waals surface area contributed by atoms with Crippen LogP contribution in [0.3, 0.4) is 0 Å². The van der Waals surface area contributed by atoms with E-state index in [4.69, 9.17) is 14.2 Å². The number of carbonyl (C=O) groups is 2. The highest BCUT2D eigenvalue weighted by Crippen LogP contribution is 2.35. The lowest BCUT2D eigenvalue weighted by molar-refractivity contribution is -0.116. The van der Waals surface area contributed by atoms with Crippen molar-refractivity contribution in [1.29, 1.82) is 0 Å². The zero-order valence-electron chi connectivity index (χ0n) is 19.0. The summed E-state index contributed by atoms with van der Waals surface area (Å²) in [5.41, 5.74) is 0.911. The molecule has 2 heterocycles. The third-order valence-corrected chi connectivity index (χ3v) is 6.82. The molecule has 1 N–H and O–H groups in total. The average molecular weight is 490 g/mol. The lowest BCUT2D eigenvalue weighted by Gasteiger charge is -2.30. The number of rotatable bonds is 6. The first-order chi connectivity index (χ1) is 16.3. The monoisotopic (exact) mass is 489 g/mol. The fraction of sp³-hybridized carbons (Fsp3) is 0.391. The van der Waals surface area contributed by atoms with Gasteiger partial charge < -0.3 is 24.4 Å². The van der Waals surface area contributed by atoms with Gasteiger partial charge in [-0.05, 0) is 31.2 Å². The van der Waals surface area contributed by atoms with Crippen LogP contribution >= 0.6 is 0 Å². The predicted molar refractivity (Wildman–Crippen MR) is 126 cm³/mol. The lowest BCUT2D eigenvalue weighted by atomic mass is 10.1. The van der Waals surface area contributed by atoms with Gasteiger partial charge in [-0.2, -0.15) is 0 Å². The number of hydrogen-bond donors (Lipinski definition) is 1. The quantitative estimate of drug-likeness (QED) is 0.657. The van der Waals surface area contributed by atoms with Crippen LogP contribution in [0.4, 0.5) is 11.4 Å². The standard InChI is InChI=1S/C23H27N3O7S/c1-16(26(34(2,29)30)17-7-8-20-21(15-17)33-14-13-32-20)22(27)24-19-6-4-3-5-18(19)23(28)25-9-11-31-12-10-25/h3-8,15-16H,9-14H2,1-2H3,(H,24,27)/t16-/m0/s1. The molecule has 1 fully saturated rings. The average Bonchev–Trinajstić information content (AvgIpc) is 2.83. The van der Waals surface area contributed by atoms with Crippen molar-refractivity contribution in [3.8, 4) is 11.5 Å². The summed E-state index contributed by atoms with van der Waals surface area (Å²) < 4.78 is 42.8. The molecule has 1 atom stereocenters. The van der Waals surface area contributed by atoms with Gasteiger partial charge in [-0.25, -0.2) is 8.42 Å². The van der Waals surface area contributed by atoms with E-state index in [2.05, 4.69) is 5.32 Å². The number of nitrogens with one attached hydrogen (secondary N) is 1. The summed E-state index contributed by atoms with van der Waals surface area (Å²) in [5.74, 6) is 0.115. The Balaban J connectivity index is 1.58. The first-order valence-corrected chi connectivity index (χ1v) is 12.8. The topological polar surface area (TPSA) is 114 Å². The summed E-state index contributed by atoms with van der Waals surface area (Å²) >= 11 is 0.